The number of rotatable bonds is 6. The van der Waals surface area contributed by atoms with Crippen molar-refractivity contribution in [2.45, 2.75) is 25.5 Å². The molecule has 1 rings (SSSR count). The lowest BCUT2D eigenvalue weighted by molar-refractivity contribution is -0.121. The van der Waals surface area contributed by atoms with Crippen molar-refractivity contribution in [3.05, 3.63) is 30.3 Å². The van der Waals surface area contributed by atoms with Gasteiger partial charge in [0.05, 0.1) is 12.6 Å². The molecular weight excluding hydrogens is 257 g/mol. The largest absolute Gasteiger partial charge is 0.380 e. The number of halogens is 2. The van der Waals surface area contributed by atoms with E-state index in [9.17, 15) is 9.18 Å². The van der Waals surface area contributed by atoms with Gasteiger partial charge in [-0.1, -0.05) is 29.8 Å². The van der Waals surface area contributed by atoms with Crippen LogP contribution < -0.4 is 4.90 Å². The molecule has 0 aromatic heterocycles. The van der Waals surface area contributed by atoms with Gasteiger partial charge in [-0.25, -0.2) is 4.39 Å². The Morgan fingerprint density at radius 3 is 2.56 bits per heavy atom. The Hall–Kier alpha value is -1.13. The number of benzene rings is 1. The van der Waals surface area contributed by atoms with Crippen molar-refractivity contribution in [1.82, 2.24) is 0 Å². The van der Waals surface area contributed by atoms with Gasteiger partial charge in [0.2, 0.25) is 0 Å². The molecule has 0 N–H and O–H groups in total. The molecular formula is C13H17ClFNO2. The van der Waals surface area contributed by atoms with Crippen molar-refractivity contribution >= 4 is 23.2 Å². The first kappa shape index (κ1) is 14.9. The SMILES string of the molecule is CCOCC(C)N(C(=O)C(F)Cl)c1ccccc1. The minimum Gasteiger partial charge on any atom is -0.380 e. The first-order valence-corrected chi connectivity index (χ1v) is 6.25. The van der Waals surface area contributed by atoms with E-state index in [-0.39, 0.29) is 6.04 Å². The maximum Gasteiger partial charge on any atom is 0.277 e. The van der Waals surface area contributed by atoms with E-state index in [4.69, 9.17) is 16.3 Å². The summed E-state index contributed by atoms with van der Waals surface area (Å²) in [4.78, 5) is 13.1. The number of hydrogen-bond acceptors (Lipinski definition) is 2. The molecule has 0 saturated heterocycles. The molecule has 1 aromatic carbocycles. The lowest BCUT2D eigenvalue weighted by Gasteiger charge is -2.29. The Morgan fingerprint density at radius 2 is 2.06 bits per heavy atom. The van der Waals surface area contributed by atoms with E-state index >= 15 is 0 Å². The Balaban J connectivity index is 2.92. The molecule has 0 saturated carbocycles. The molecule has 18 heavy (non-hydrogen) atoms. The number of ether oxygens (including phenoxy) is 1. The summed E-state index contributed by atoms with van der Waals surface area (Å²) in [5.74, 6) is -0.768. The average molecular weight is 274 g/mol. The predicted molar refractivity (Wildman–Crippen MR) is 70.6 cm³/mol. The highest BCUT2D eigenvalue weighted by atomic mass is 35.5. The van der Waals surface area contributed by atoms with Crippen molar-refractivity contribution in [1.29, 1.82) is 0 Å². The van der Waals surface area contributed by atoms with Gasteiger partial charge in [-0.15, -0.1) is 0 Å². The van der Waals surface area contributed by atoms with E-state index in [1.165, 1.54) is 4.90 Å². The molecule has 2 unspecified atom stereocenters. The summed E-state index contributed by atoms with van der Waals surface area (Å²) in [5.41, 5.74) is -1.44. The molecule has 0 heterocycles. The minimum atomic E-state index is -2.05. The second-order valence-corrected chi connectivity index (χ2v) is 4.24. The van der Waals surface area contributed by atoms with Crippen molar-refractivity contribution < 1.29 is 13.9 Å². The second-order valence-electron chi connectivity index (χ2n) is 3.85. The van der Waals surface area contributed by atoms with Crippen LogP contribution in [0.5, 0.6) is 0 Å². The minimum absolute atomic E-state index is 0.281. The van der Waals surface area contributed by atoms with Crippen molar-refractivity contribution in [3.63, 3.8) is 0 Å². The normalized spacial score (nSPS) is 14.0. The third-order valence-electron chi connectivity index (χ3n) is 2.46. The molecule has 1 amide bonds. The fourth-order valence-corrected chi connectivity index (χ4v) is 1.76. The van der Waals surface area contributed by atoms with Gasteiger partial charge in [0.1, 0.15) is 0 Å². The van der Waals surface area contributed by atoms with Crippen LogP contribution in [-0.4, -0.2) is 30.8 Å². The monoisotopic (exact) mass is 273 g/mol. The molecule has 0 bridgehead atoms. The van der Waals surface area contributed by atoms with Gasteiger partial charge in [0.25, 0.3) is 11.5 Å². The Labute approximate surface area is 111 Å². The molecule has 0 spiro atoms. The van der Waals surface area contributed by atoms with E-state index in [1.807, 2.05) is 13.0 Å². The van der Waals surface area contributed by atoms with Crippen molar-refractivity contribution in [2.75, 3.05) is 18.1 Å². The summed E-state index contributed by atoms with van der Waals surface area (Å²) < 4.78 is 18.3. The summed E-state index contributed by atoms with van der Waals surface area (Å²) in [6.45, 7) is 4.53. The fourth-order valence-electron chi connectivity index (χ4n) is 1.66. The van der Waals surface area contributed by atoms with E-state index < -0.39 is 11.5 Å². The maximum absolute atomic E-state index is 13.0. The van der Waals surface area contributed by atoms with E-state index in [0.717, 1.165) is 0 Å². The zero-order valence-corrected chi connectivity index (χ0v) is 11.2. The number of para-hydroxylation sites is 1. The smallest absolute Gasteiger partial charge is 0.277 e. The fraction of sp³-hybridized carbons (Fsp3) is 0.462. The van der Waals surface area contributed by atoms with Crippen LogP contribution in [0.15, 0.2) is 30.3 Å². The highest BCUT2D eigenvalue weighted by Gasteiger charge is 2.27. The number of hydrogen-bond donors (Lipinski definition) is 0. The molecule has 2 atom stereocenters. The topological polar surface area (TPSA) is 29.5 Å². The third kappa shape index (κ3) is 3.96. The van der Waals surface area contributed by atoms with E-state index in [1.54, 1.807) is 31.2 Å². The zero-order chi connectivity index (χ0) is 13.5. The number of amides is 1. The molecule has 0 aliphatic heterocycles. The lowest BCUT2D eigenvalue weighted by atomic mass is 10.2. The van der Waals surface area contributed by atoms with Crippen LogP contribution in [0, 0.1) is 0 Å². The summed E-state index contributed by atoms with van der Waals surface area (Å²) in [6, 6.07) is 8.58. The van der Waals surface area contributed by atoms with E-state index in [2.05, 4.69) is 0 Å². The summed E-state index contributed by atoms with van der Waals surface area (Å²) in [6.07, 6.45) is 0. The van der Waals surface area contributed by atoms with Gasteiger partial charge in [0.15, 0.2) is 0 Å². The highest BCUT2D eigenvalue weighted by Crippen LogP contribution is 2.20. The van der Waals surface area contributed by atoms with Crippen LogP contribution in [0.3, 0.4) is 0 Å². The van der Waals surface area contributed by atoms with Gasteiger partial charge < -0.3 is 9.64 Å². The van der Waals surface area contributed by atoms with Gasteiger partial charge in [-0.05, 0) is 26.0 Å². The number of anilines is 1. The van der Waals surface area contributed by atoms with Crippen LogP contribution in [0.1, 0.15) is 13.8 Å². The van der Waals surface area contributed by atoms with Gasteiger partial charge in [-0.3, -0.25) is 4.79 Å². The molecule has 1 aromatic rings. The molecule has 5 heteroatoms. The van der Waals surface area contributed by atoms with Crippen LogP contribution in [0.2, 0.25) is 0 Å². The summed E-state index contributed by atoms with van der Waals surface area (Å²) in [7, 11) is 0. The van der Waals surface area contributed by atoms with Crippen LogP contribution in [0.25, 0.3) is 0 Å². The second kappa shape index (κ2) is 7.34. The van der Waals surface area contributed by atoms with Crippen molar-refractivity contribution in [2.24, 2.45) is 0 Å². The average Bonchev–Trinajstić information content (AvgIpc) is 2.37. The standard InChI is InChI=1S/C13H17ClFNO2/c1-3-18-9-10(2)16(13(17)12(14)15)11-7-5-4-6-8-11/h4-8,10,12H,3,9H2,1-2H3. The van der Waals surface area contributed by atoms with Gasteiger partial charge in [0, 0.05) is 12.3 Å². The van der Waals surface area contributed by atoms with Gasteiger partial charge >= 0.3 is 0 Å². The van der Waals surface area contributed by atoms with Crippen molar-refractivity contribution in [3.8, 4) is 0 Å². The summed E-state index contributed by atoms with van der Waals surface area (Å²) >= 11 is 5.25. The van der Waals surface area contributed by atoms with Crippen LogP contribution in [0.4, 0.5) is 10.1 Å². The molecule has 0 radical (unpaired) electrons. The number of carbonyl (C=O) groups excluding carboxylic acids is 1. The predicted octanol–water partition coefficient (Wildman–Crippen LogP) is 2.98. The molecule has 100 valence electrons. The number of nitrogens with zero attached hydrogens (tertiary/aromatic N) is 1. The Kier molecular flexibility index (Phi) is 6.09. The Morgan fingerprint density at radius 1 is 1.44 bits per heavy atom. The highest BCUT2D eigenvalue weighted by molar-refractivity contribution is 6.31. The first-order chi connectivity index (χ1) is 8.57. The van der Waals surface area contributed by atoms with Crippen LogP contribution in [-0.2, 0) is 9.53 Å². The quantitative estimate of drug-likeness (QED) is 0.746. The van der Waals surface area contributed by atoms with Gasteiger partial charge in [-0.2, -0.15) is 0 Å². The van der Waals surface area contributed by atoms with Crippen LogP contribution >= 0.6 is 11.6 Å². The first-order valence-electron chi connectivity index (χ1n) is 5.82. The molecule has 0 aliphatic rings. The lowest BCUT2D eigenvalue weighted by Crippen LogP contribution is -2.44. The van der Waals surface area contributed by atoms with E-state index in [0.29, 0.717) is 18.9 Å². The zero-order valence-electron chi connectivity index (χ0n) is 10.5. The third-order valence-corrected chi connectivity index (χ3v) is 2.65. The number of alkyl halides is 2. The molecule has 0 fully saturated rings. The maximum atomic E-state index is 13.0. The summed E-state index contributed by atoms with van der Waals surface area (Å²) in [5, 5.41) is 0. The molecule has 0 aliphatic carbocycles. The Bertz CT molecular complexity index is 373. The molecule has 3 nitrogen and oxygen atoms in total. The number of carbonyl (C=O) groups is 1.